The lowest BCUT2D eigenvalue weighted by atomic mass is 9.94. The first-order chi connectivity index (χ1) is 9.36. The number of aromatic nitrogens is 2. The predicted octanol–water partition coefficient (Wildman–Crippen LogP) is 2.84. The molecule has 1 heterocycles. The molecule has 0 bridgehead atoms. The number of amides is 1. The maximum absolute atomic E-state index is 12.3. The Hall–Kier alpha value is -1.59. The number of ether oxygens (including phenoxy) is 1. The number of hydrogen-bond acceptors (Lipinski definition) is 3. The summed E-state index contributed by atoms with van der Waals surface area (Å²) in [6, 6.07) is 5.49. The number of nitrogens with one attached hydrogen (secondary N) is 1. The second-order valence-corrected chi connectivity index (χ2v) is 5.78. The number of anilines is 1. The second-order valence-electron chi connectivity index (χ2n) is 5.37. The minimum Gasteiger partial charge on any atom is -0.384 e. The number of aryl methyl sites for hydroxylation is 1. The number of hydrogen-bond donors (Lipinski definition) is 1. The average molecular weight is 296 g/mol. The zero-order chi connectivity index (χ0) is 14.9. The molecule has 1 aromatic heterocycles. The van der Waals surface area contributed by atoms with Gasteiger partial charge in [-0.25, -0.2) is 4.98 Å². The van der Waals surface area contributed by atoms with E-state index in [4.69, 9.17) is 16.3 Å². The number of halogens is 1. The van der Waals surface area contributed by atoms with Crippen LogP contribution in [0.3, 0.4) is 0 Å². The molecule has 20 heavy (non-hydrogen) atoms. The molecule has 6 heteroatoms. The largest absolute Gasteiger partial charge is 0.384 e. The summed E-state index contributed by atoms with van der Waals surface area (Å²) in [6.45, 7) is 3.98. The second kappa shape index (κ2) is 5.42. The van der Waals surface area contributed by atoms with Crippen LogP contribution >= 0.6 is 11.6 Å². The first kappa shape index (κ1) is 14.8. The highest BCUT2D eigenvalue weighted by atomic mass is 35.5. The first-order valence-electron chi connectivity index (χ1n) is 6.28. The van der Waals surface area contributed by atoms with Crippen molar-refractivity contribution in [2.75, 3.05) is 19.0 Å². The minimum atomic E-state index is -0.628. The standard InChI is InChI=1S/C14H18ClN3O2/c1-14(2,8-20-4)12(19)17-13-16-10-7-5-6-9(15)11(10)18(13)3/h5-7H,8H2,1-4H3,(H,16,17,19). The molecule has 1 N–H and O–H groups in total. The molecule has 5 nitrogen and oxygen atoms in total. The first-order valence-corrected chi connectivity index (χ1v) is 6.66. The van der Waals surface area contributed by atoms with Crippen molar-refractivity contribution in [3.63, 3.8) is 0 Å². The van der Waals surface area contributed by atoms with Crippen LogP contribution in [0.2, 0.25) is 5.02 Å². The summed E-state index contributed by atoms with van der Waals surface area (Å²) in [7, 11) is 3.39. The van der Waals surface area contributed by atoms with Gasteiger partial charge in [-0.3, -0.25) is 10.1 Å². The lowest BCUT2D eigenvalue weighted by Gasteiger charge is -2.22. The molecule has 1 aromatic carbocycles. The van der Waals surface area contributed by atoms with Crippen molar-refractivity contribution in [3.8, 4) is 0 Å². The molecule has 1 amide bonds. The van der Waals surface area contributed by atoms with Crippen molar-refractivity contribution < 1.29 is 9.53 Å². The maximum Gasteiger partial charge on any atom is 0.234 e. The highest BCUT2D eigenvalue weighted by Crippen LogP contribution is 2.26. The van der Waals surface area contributed by atoms with E-state index in [0.29, 0.717) is 17.6 Å². The minimum absolute atomic E-state index is 0.145. The molecule has 0 atom stereocenters. The van der Waals surface area contributed by atoms with Crippen LogP contribution in [-0.4, -0.2) is 29.2 Å². The van der Waals surface area contributed by atoms with Crippen LogP contribution in [0.5, 0.6) is 0 Å². The Labute approximate surface area is 122 Å². The molecule has 0 aliphatic carbocycles. The summed E-state index contributed by atoms with van der Waals surface area (Å²) in [5, 5.41) is 3.43. The van der Waals surface area contributed by atoms with Gasteiger partial charge in [0.15, 0.2) is 0 Å². The van der Waals surface area contributed by atoms with Crippen LogP contribution in [0.4, 0.5) is 5.95 Å². The van der Waals surface area contributed by atoms with E-state index in [1.54, 1.807) is 17.7 Å². The topological polar surface area (TPSA) is 56.1 Å². The summed E-state index contributed by atoms with van der Waals surface area (Å²) in [5.41, 5.74) is 0.922. The number of nitrogens with zero attached hydrogens (tertiary/aromatic N) is 2. The molecule has 0 saturated carbocycles. The Kier molecular flexibility index (Phi) is 4.01. The van der Waals surface area contributed by atoms with E-state index >= 15 is 0 Å². The highest BCUT2D eigenvalue weighted by molar-refractivity contribution is 6.35. The van der Waals surface area contributed by atoms with Crippen molar-refractivity contribution in [1.29, 1.82) is 0 Å². The van der Waals surface area contributed by atoms with Crippen molar-refractivity contribution >= 4 is 34.5 Å². The van der Waals surface area contributed by atoms with Crippen LogP contribution in [-0.2, 0) is 16.6 Å². The Morgan fingerprint density at radius 3 is 2.80 bits per heavy atom. The van der Waals surface area contributed by atoms with E-state index < -0.39 is 5.41 Å². The third kappa shape index (κ3) is 2.64. The van der Waals surface area contributed by atoms with Crippen LogP contribution < -0.4 is 5.32 Å². The molecule has 0 saturated heterocycles. The van der Waals surface area contributed by atoms with E-state index in [2.05, 4.69) is 10.3 Å². The SMILES string of the molecule is COCC(C)(C)C(=O)Nc1nc2cccc(Cl)c2n1C. The summed E-state index contributed by atoms with van der Waals surface area (Å²) in [4.78, 5) is 16.7. The number of rotatable bonds is 4. The van der Waals surface area contributed by atoms with E-state index in [1.165, 1.54) is 0 Å². The number of carbonyl (C=O) groups is 1. The molecule has 0 unspecified atom stereocenters. The van der Waals surface area contributed by atoms with E-state index in [1.807, 2.05) is 33.0 Å². The predicted molar refractivity (Wildman–Crippen MR) is 80.0 cm³/mol. The maximum atomic E-state index is 12.3. The van der Waals surface area contributed by atoms with Crippen LogP contribution in [0, 0.1) is 5.41 Å². The molecular weight excluding hydrogens is 278 g/mol. The molecule has 0 radical (unpaired) electrons. The number of para-hydroxylation sites is 1. The fourth-order valence-corrected chi connectivity index (χ4v) is 2.33. The zero-order valence-corrected chi connectivity index (χ0v) is 12.8. The quantitative estimate of drug-likeness (QED) is 0.943. The van der Waals surface area contributed by atoms with Gasteiger partial charge in [-0.1, -0.05) is 17.7 Å². The van der Waals surface area contributed by atoms with Gasteiger partial charge in [-0.05, 0) is 26.0 Å². The van der Waals surface area contributed by atoms with Gasteiger partial charge in [0.2, 0.25) is 11.9 Å². The third-order valence-electron chi connectivity index (χ3n) is 3.19. The van der Waals surface area contributed by atoms with Gasteiger partial charge in [0, 0.05) is 14.2 Å². The Bertz CT molecular complexity index is 649. The van der Waals surface area contributed by atoms with Gasteiger partial charge < -0.3 is 9.30 Å². The van der Waals surface area contributed by atoms with Gasteiger partial charge in [0.1, 0.15) is 0 Å². The molecule has 0 spiro atoms. The zero-order valence-electron chi connectivity index (χ0n) is 12.0. The Balaban J connectivity index is 2.33. The number of imidazole rings is 1. The van der Waals surface area contributed by atoms with Gasteiger partial charge in [0.05, 0.1) is 28.1 Å². The highest BCUT2D eigenvalue weighted by Gasteiger charge is 2.28. The summed E-state index contributed by atoms with van der Waals surface area (Å²) < 4.78 is 6.84. The van der Waals surface area contributed by atoms with Crippen LogP contribution in [0.1, 0.15) is 13.8 Å². The smallest absolute Gasteiger partial charge is 0.234 e. The summed E-state index contributed by atoms with van der Waals surface area (Å²) in [6.07, 6.45) is 0. The van der Waals surface area contributed by atoms with Gasteiger partial charge in [-0.15, -0.1) is 0 Å². The lowest BCUT2D eigenvalue weighted by molar-refractivity contribution is -0.126. The van der Waals surface area contributed by atoms with Crippen molar-refractivity contribution in [3.05, 3.63) is 23.2 Å². The molecule has 0 aliphatic heterocycles. The van der Waals surface area contributed by atoms with E-state index in [9.17, 15) is 4.79 Å². The lowest BCUT2D eigenvalue weighted by Crippen LogP contribution is -2.35. The average Bonchev–Trinajstić information content (AvgIpc) is 2.67. The van der Waals surface area contributed by atoms with Gasteiger partial charge in [0.25, 0.3) is 0 Å². The number of methoxy groups -OCH3 is 1. The van der Waals surface area contributed by atoms with Crippen molar-refractivity contribution in [2.24, 2.45) is 12.5 Å². The fourth-order valence-electron chi connectivity index (χ4n) is 2.03. The van der Waals surface area contributed by atoms with Gasteiger partial charge >= 0.3 is 0 Å². The fraction of sp³-hybridized carbons (Fsp3) is 0.429. The monoisotopic (exact) mass is 295 g/mol. The number of carbonyl (C=O) groups excluding carboxylic acids is 1. The normalized spacial score (nSPS) is 11.8. The molecule has 0 fully saturated rings. The molecule has 0 aliphatic rings. The van der Waals surface area contributed by atoms with E-state index in [-0.39, 0.29) is 5.91 Å². The van der Waals surface area contributed by atoms with Gasteiger partial charge in [-0.2, -0.15) is 0 Å². The van der Waals surface area contributed by atoms with Crippen molar-refractivity contribution in [1.82, 2.24) is 9.55 Å². The summed E-state index contributed by atoms with van der Waals surface area (Å²) in [5.74, 6) is 0.330. The Morgan fingerprint density at radius 2 is 2.20 bits per heavy atom. The van der Waals surface area contributed by atoms with E-state index in [0.717, 1.165) is 11.0 Å². The molecule has 2 rings (SSSR count). The molecule has 2 aromatic rings. The Morgan fingerprint density at radius 1 is 1.50 bits per heavy atom. The van der Waals surface area contributed by atoms with Crippen LogP contribution in [0.25, 0.3) is 11.0 Å². The van der Waals surface area contributed by atoms with Crippen molar-refractivity contribution in [2.45, 2.75) is 13.8 Å². The summed E-state index contributed by atoms with van der Waals surface area (Å²) >= 11 is 6.16. The van der Waals surface area contributed by atoms with Crippen LogP contribution in [0.15, 0.2) is 18.2 Å². The third-order valence-corrected chi connectivity index (χ3v) is 3.50. The molecular formula is C14H18ClN3O2. The molecule has 108 valence electrons. The number of fused-ring (bicyclic) bond motifs is 1. The number of benzene rings is 1.